The van der Waals surface area contributed by atoms with Gasteiger partial charge in [-0.05, 0) is 47.9 Å². The summed E-state index contributed by atoms with van der Waals surface area (Å²) in [5, 5.41) is 1.23. The zero-order valence-corrected chi connectivity index (χ0v) is 18.6. The summed E-state index contributed by atoms with van der Waals surface area (Å²) in [7, 11) is 0. The molecule has 0 fully saturated rings. The van der Waals surface area contributed by atoms with Gasteiger partial charge in [0.15, 0.2) is 5.58 Å². The molecule has 0 unspecified atom stereocenters. The smallest absolute Gasteiger partial charge is 0.230 e. The Hall–Kier alpha value is -2.82. The van der Waals surface area contributed by atoms with Crippen LogP contribution in [0.2, 0.25) is 10.0 Å². The first-order valence-electron chi connectivity index (χ1n) is 10.2. The number of carbonyl (C=O) groups is 1. The van der Waals surface area contributed by atoms with Gasteiger partial charge in [0.2, 0.25) is 11.8 Å². The van der Waals surface area contributed by atoms with Crippen LogP contribution in [0.3, 0.4) is 0 Å². The molecule has 4 rings (SSSR count). The molecule has 0 saturated heterocycles. The van der Waals surface area contributed by atoms with Gasteiger partial charge in [-0.15, -0.1) is 0 Å². The highest BCUT2D eigenvalue weighted by molar-refractivity contribution is 6.31. The molecule has 0 spiro atoms. The normalized spacial score (nSPS) is 12.1. The SMILES string of the molecule is CC[C@@H](C(=O)N(Cc1cccc(Cl)c1)Cc1nc2cc(Cl)ccc2o1)c1ccccc1. The first-order valence-corrected chi connectivity index (χ1v) is 10.9. The van der Waals surface area contributed by atoms with Crippen LogP contribution >= 0.6 is 23.2 Å². The Morgan fingerprint density at radius 2 is 1.74 bits per heavy atom. The Kier molecular flexibility index (Phi) is 6.59. The van der Waals surface area contributed by atoms with Crippen molar-refractivity contribution in [2.24, 2.45) is 0 Å². The lowest BCUT2D eigenvalue weighted by Crippen LogP contribution is -2.34. The number of oxazole rings is 1. The summed E-state index contributed by atoms with van der Waals surface area (Å²) in [4.78, 5) is 20.0. The van der Waals surface area contributed by atoms with E-state index in [0.29, 0.717) is 40.0 Å². The maximum Gasteiger partial charge on any atom is 0.230 e. The van der Waals surface area contributed by atoms with E-state index in [4.69, 9.17) is 27.6 Å². The molecule has 4 nitrogen and oxygen atoms in total. The molecule has 31 heavy (non-hydrogen) atoms. The average molecular weight is 453 g/mol. The predicted molar refractivity (Wildman–Crippen MR) is 124 cm³/mol. The van der Waals surface area contributed by atoms with Crippen LogP contribution in [0.25, 0.3) is 11.1 Å². The van der Waals surface area contributed by atoms with E-state index < -0.39 is 0 Å². The van der Waals surface area contributed by atoms with Crippen molar-refractivity contribution < 1.29 is 9.21 Å². The molecule has 1 amide bonds. The summed E-state index contributed by atoms with van der Waals surface area (Å²) in [5.74, 6) is 0.240. The van der Waals surface area contributed by atoms with Gasteiger partial charge in [-0.2, -0.15) is 0 Å². The van der Waals surface area contributed by atoms with Crippen LogP contribution in [0.5, 0.6) is 0 Å². The van der Waals surface area contributed by atoms with E-state index in [9.17, 15) is 4.79 Å². The number of rotatable bonds is 7. The zero-order chi connectivity index (χ0) is 21.8. The van der Waals surface area contributed by atoms with Crippen LogP contribution in [0.4, 0.5) is 0 Å². The number of aromatic nitrogens is 1. The van der Waals surface area contributed by atoms with E-state index in [1.807, 2.05) is 61.5 Å². The predicted octanol–water partition coefficient (Wildman–Crippen LogP) is 6.86. The van der Waals surface area contributed by atoms with Crippen LogP contribution in [0.15, 0.2) is 77.2 Å². The Morgan fingerprint density at radius 1 is 0.968 bits per heavy atom. The number of amides is 1. The van der Waals surface area contributed by atoms with Crippen molar-refractivity contribution in [3.8, 4) is 0 Å². The van der Waals surface area contributed by atoms with Crippen LogP contribution in [0, 0.1) is 0 Å². The topological polar surface area (TPSA) is 46.3 Å². The third kappa shape index (κ3) is 5.09. The van der Waals surface area contributed by atoms with Gasteiger partial charge >= 0.3 is 0 Å². The highest BCUT2D eigenvalue weighted by atomic mass is 35.5. The first-order chi connectivity index (χ1) is 15.0. The average Bonchev–Trinajstić information content (AvgIpc) is 3.16. The van der Waals surface area contributed by atoms with Crippen molar-refractivity contribution >= 4 is 40.2 Å². The van der Waals surface area contributed by atoms with Crippen molar-refractivity contribution in [2.75, 3.05) is 0 Å². The lowest BCUT2D eigenvalue weighted by molar-refractivity contribution is -0.134. The van der Waals surface area contributed by atoms with Gasteiger partial charge in [0, 0.05) is 16.6 Å². The maximum absolute atomic E-state index is 13.6. The zero-order valence-electron chi connectivity index (χ0n) is 17.1. The third-order valence-electron chi connectivity index (χ3n) is 5.20. The van der Waals surface area contributed by atoms with Gasteiger partial charge in [-0.25, -0.2) is 4.98 Å². The molecule has 6 heteroatoms. The summed E-state index contributed by atoms with van der Waals surface area (Å²) in [5.41, 5.74) is 3.26. The number of fused-ring (bicyclic) bond motifs is 1. The number of benzene rings is 3. The molecule has 1 aromatic heterocycles. The second-order valence-electron chi connectivity index (χ2n) is 7.42. The Balaban J connectivity index is 1.66. The third-order valence-corrected chi connectivity index (χ3v) is 5.67. The van der Waals surface area contributed by atoms with Crippen LogP contribution < -0.4 is 0 Å². The van der Waals surface area contributed by atoms with Gasteiger partial charge in [0.25, 0.3) is 0 Å². The lowest BCUT2D eigenvalue weighted by Gasteiger charge is -2.26. The van der Waals surface area contributed by atoms with Crippen molar-refractivity contribution in [3.05, 3.63) is 99.9 Å². The molecule has 3 aromatic carbocycles. The molecular formula is C25H22Cl2N2O2. The number of hydrogen-bond acceptors (Lipinski definition) is 3. The Morgan fingerprint density at radius 3 is 2.48 bits per heavy atom. The lowest BCUT2D eigenvalue weighted by atomic mass is 9.94. The monoisotopic (exact) mass is 452 g/mol. The van der Waals surface area contributed by atoms with E-state index in [2.05, 4.69) is 4.98 Å². The quantitative estimate of drug-likeness (QED) is 0.307. The molecule has 0 N–H and O–H groups in total. The van der Waals surface area contributed by atoms with Crippen molar-refractivity contribution in [1.82, 2.24) is 9.88 Å². The van der Waals surface area contributed by atoms with Crippen molar-refractivity contribution in [3.63, 3.8) is 0 Å². The molecule has 158 valence electrons. The van der Waals surface area contributed by atoms with E-state index in [1.54, 1.807) is 23.1 Å². The fraction of sp³-hybridized carbons (Fsp3) is 0.200. The van der Waals surface area contributed by atoms with E-state index in [-0.39, 0.29) is 18.4 Å². The molecule has 0 bridgehead atoms. The number of nitrogens with zero attached hydrogens (tertiary/aromatic N) is 2. The number of carbonyl (C=O) groups excluding carboxylic acids is 1. The Bertz CT molecular complexity index is 1190. The summed E-state index contributed by atoms with van der Waals surface area (Å²) in [6, 6.07) is 22.7. The molecule has 0 radical (unpaired) electrons. The van der Waals surface area contributed by atoms with E-state index in [0.717, 1.165) is 11.1 Å². The fourth-order valence-electron chi connectivity index (χ4n) is 3.71. The minimum Gasteiger partial charge on any atom is -0.439 e. The molecule has 0 aliphatic rings. The van der Waals surface area contributed by atoms with E-state index in [1.165, 1.54) is 0 Å². The summed E-state index contributed by atoms with van der Waals surface area (Å²) >= 11 is 12.3. The number of hydrogen-bond donors (Lipinski definition) is 0. The van der Waals surface area contributed by atoms with Gasteiger partial charge < -0.3 is 9.32 Å². The molecule has 0 aliphatic carbocycles. The Labute approximate surface area is 191 Å². The van der Waals surface area contributed by atoms with Crippen LogP contribution in [0.1, 0.15) is 36.3 Å². The molecule has 0 saturated carbocycles. The molecule has 4 aromatic rings. The van der Waals surface area contributed by atoms with Crippen LogP contribution in [-0.2, 0) is 17.9 Å². The molecule has 0 aliphatic heterocycles. The minimum absolute atomic E-state index is 0.0222. The second-order valence-corrected chi connectivity index (χ2v) is 8.29. The van der Waals surface area contributed by atoms with Crippen LogP contribution in [-0.4, -0.2) is 15.8 Å². The standard InChI is InChI=1S/C25H22Cl2N2O2/c1-2-21(18-8-4-3-5-9-18)25(30)29(15-17-7-6-10-19(26)13-17)16-24-28-22-14-20(27)11-12-23(22)31-24/h3-14,21H,2,15-16H2,1H3/t21-/m1/s1. The second kappa shape index (κ2) is 9.54. The van der Waals surface area contributed by atoms with Crippen molar-refractivity contribution in [2.45, 2.75) is 32.4 Å². The molecule has 1 heterocycles. The largest absolute Gasteiger partial charge is 0.439 e. The van der Waals surface area contributed by atoms with Gasteiger partial charge in [0.1, 0.15) is 5.52 Å². The number of halogens is 2. The van der Waals surface area contributed by atoms with Gasteiger partial charge in [-0.3, -0.25) is 4.79 Å². The molecule has 1 atom stereocenters. The first kappa shape index (κ1) is 21.4. The summed E-state index contributed by atoms with van der Waals surface area (Å²) in [6.45, 7) is 2.68. The summed E-state index contributed by atoms with van der Waals surface area (Å²) < 4.78 is 5.89. The van der Waals surface area contributed by atoms with Gasteiger partial charge in [0.05, 0.1) is 12.5 Å². The highest BCUT2D eigenvalue weighted by Gasteiger charge is 2.26. The van der Waals surface area contributed by atoms with Crippen molar-refractivity contribution in [1.29, 1.82) is 0 Å². The molecular weight excluding hydrogens is 431 g/mol. The highest BCUT2D eigenvalue weighted by Crippen LogP contribution is 2.26. The van der Waals surface area contributed by atoms with E-state index >= 15 is 0 Å². The maximum atomic E-state index is 13.6. The summed E-state index contributed by atoms with van der Waals surface area (Å²) in [6.07, 6.45) is 0.693. The fourth-order valence-corrected chi connectivity index (χ4v) is 4.08. The van der Waals surface area contributed by atoms with Gasteiger partial charge in [-0.1, -0.05) is 72.6 Å². The minimum atomic E-state index is -0.251.